The molecular formula is C32H40BrN3O4S. The maximum atomic E-state index is 13.9. The maximum absolute atomic E-state index is 13.9. The number of aryl methyl sites for hydroxylation is 2. The van der Waals surface area contributed by atoms with Crippen LogP contribution >= 0.6 is 15.9 Å². The molecule has 0 aliphatic heterocycles. The van der Waals surface area contributed by atoms with Gasteiger partial charge in [0.1, 0.15) is 6.04 Å². The van der Waals surface area contributed by atoms with E-state index in [1.807, 2.05) is 94.4 Å². The second-order valence-corrected chi connectivity index (χ2v) is 13.6. The molecule has 1 unspecified atom stereocenters. The van der Waals surface area contributed by atoms with Crippen LogP contribution in [0.5, 0.6) is 0 Å². The Labute approximate surface area is 253 Å². The molecule has 0 saturated heterocycles. The van der Waals surface area contributed by atoms with Crippen molar-refractivity contribution in [2.24, 2.45) is 0 Å². The number of sulfonamides is 1. The lowest BCUT2D eigenvalue weighted by atomic mass is 10.0. The average Bonchev–Trinajstić information content (AvgIpc) is 2.89. The van der Waals surface area contributed by atoms with Crippen LogP contribution in [0.2, 0.25) is 0 Å². The standard InChI is InChI=1S/C32H40BrN3O4S/c1-23(2)34-32(38)30(21-26-11-7-6-8-12-26)35(22-27-13-9-14-28(33)20-27)31(37)15-10-18-36(41(5,39)40)29-17-16-24(3)25(4)19-29/h6-9,11-14,16-17,19-20,23,30H,10,15,18,21-22H2,1-5H3,(H,34,38). The Kier molecular flexibility index (Phi) is 11.5. The van der Waals surface area contributed by atoms with Crippen LogP contribution in [-0.4, -0.2) is 50.0 Å². The number of carbonyl (C=O) groups is 2. The summed E-state index contributed by atoms with van der Waals surface area (Å²) in [5.74, 6) is -0.432. The quantitative estimate of drug-likeness (QED) is 0.256. The number of nitrogens with zero attached hydrogens (tertiary/aromatic N) is 2. The molecule has 3 aromatic rings. The number of nitrogens with one attached hydrogen (secondary N) is 1. The van der Waals surface area contributed by atoms with Crippen LogP contribution in [0.1, 0.15) is 48.9 Å². The van der Waals surface area contributed by atoms with Crippen LogP contribution in [0.15, 0.2) is 77.3 Å². The number of benzene rings is 3. The third-order valence-electron chi connectivity index (χ3n) is 6.87. The zero-order valence-corrected chi connectivity index (χ0v) is 26.8. The van der Waals surface area contributed by atoms with Crippen molar-refractivity contribution in [1.29, 1.82) is 0 Å². The Balaban J connectivity index is 1.89. The fraction of sp³-hybridized carbons (Fsp3) is 0.375. The molecule has 0 heterocycles. The summed E-state index contributed by atoms with van der Waals surface area (Å²) in [6.45, 7) is 8.10. The van der Waals surface area contributed by atoms with E-state index in [2.05, 4.69) is 21.2 Å². The van der Waals surface area contributed by atoms with Crippen molar-refractivity contribution in [3.05, 3.63) is 99.5 Å². The molecule has 0 fully saturated rings. The highest BCUT2D eigenvalue weighted by Gasteiger charge is 2.31. The first-order valence-corrected chi connectivity index (χ1v) is 16.4. The van der Waals surface area contributed by atoms with Crippen molar-refractivity contribution < 1.29 is 18.0 Å². The van der Waals surface area contributed by atoms with Gasteiger partial charge in [-0.3, -0.25) is 13.9 Å². The normalized spacial score (nSPS) is 12.2. The molecule has 0 radical (unpaired) electrons. The van der Waals surface area contributed by atoms with E-state index in [1.54, 1.807) is 11.0 Å². The summed E-state index contributed by atoms with van der Waals surface area (Å²) < 4.78 is 27.6. The van der Waals surface area contributed by atoms with E-state index < -0.39 is 16.1 Å². The molecule has 1 atom stereocenters. The molecule has 1 N–H and O–H groups in total. The maximum Gasteiger partial charge on any atom is 0.243 e. The molecule has 0 bridgehead atoms. The van der Waals surface area contributed by atoms with Crippen LogP contribution in [0.3, 0.4) is 0 Å². The molecular weight excluding hydrogens is 602 g/mol. The van der Waals surface area contributed by atoms with E-state index in [-0.39, 0.29) is 37.4 Å². The van der Waals surface area contributed by atoms with E-state index in [0.29, 0.717) is 18.5 Å². The number of amides is 2. The van der Waals surface area contributed by atoms with Crippen LogP contribution in [0.4, 0.5) is 5.69 Å². The number of anilines is 1. The molecule has 0 spiro atoms. The van der Waals surface area contributed by atoms with Gasteiger partial charge in [-0.2, -0.15) is 0 Å². The fourth-order valence-corrected chi connectivity index (χ4v) is 6.06. The van der Waals surface area contributed by atoms with E-state index in [1.165, 1.54) is 10.6 Å². The van der Waals surface area contributed by atoms with Gasteiger partial charge >= 0.3 is 0 Å². The summed E-state index contributed by atoms with van der Waals surface area (Å²) in [6, 6.07) is 22.0. The average molecular weight is 643 g/mol. The Hall–Kier alpha value is -3.17. The van der Waals surface area contributed by atoms with E-state index in [0.717, 1.165) is 26.7 Å². The fourth-order valence-electron chi connectivity index (χ4n) is 4.65. The second kappa shape index (κ2) is 14.6. The summed E-state index contributed by atoms with van der Waals surface area (Å²) >= 11 is 3.50. The van der Waals surface area contributed by atoms with Gasteiger partial charge in [0.05, 0.1) is 11.9 Å². The van der Waals surface area contributed by atoms with Gasteiger partial charge in [-0.25, -0.2) is 8.42 Å². The highest BCUT2D eigenvalue weighted by atomic mass is 79.9. The number of rotatable bonds is 13. The zero-order chi connectivity index (χ0) is 30.2. The first-order chi connectivity index (χ1) is 19.3. The van der Waals surface area contributed by atoms with Crippen molar-refractivity contribution in [2.75, 3.05) is 17.1 Å². The molecule has 0 aliphatic rings. The Morgan fingerprint density at radius 2 is 1.59 bits per heavy atom. The topological polar surface area (TPSA) is 86.8 Å². The minimum absolute atomic E-state index is 0.0884. The van der Waals surface area contributed by atoms with Gasteiger partial charge in [0.15, 0.2) is 0 Å². The Morgan fingerprint density at radius 1 is 0.902 bits per heavy atom. The molecule has 3 rings (SSSR count). The van der Waals surface area contributed by atoms with E-state index in [4.69, 9.17) is 0 Å². The summed E-state index contributed by atoms with van der Waals surface area (Å²) in [4.78, 5) is 29.0. The SMILES string of the molecule is Cc1ccc(N(CCCC(=O)N(Cc2cccc(Br)c2)C(Cc2ccccc2)C(=O)NC(C)C)S(C)(=O)=O)cc1C. The summed E-state index contributed by atoms with van der Waals surface area (Å²) in [7, 11) is -3.56. The van der Waals surface area contributed by atoms with Crippen molar-refractivity contribution in [1.82, 2.24) is 10.2 Å². The summed E-state index contributed by atoms with van der Waals surface area (Å²) in [5.41, 5.74) is 4.47. The highest BCUT2D eigenvalue weighted by Crippen LogP contribution is 2.23. The zero-order valence-electron chi connectivity index (χ0n) is 24.4. The van der Waals surface area contributed by atoms with Gasteiger partial charge < -0.3 is 10.2 Å². The predicted octanol–water partition coefficient (Wildman–Crippen LogP) is 5.78. The lowest BCUT2D eigenvalue weighted by Gasteiger charge is -2.32. The minimum atomic E-state index is -3.56. The second-order valence-electron chi connectivity index (χ2n) is 10.7. The number of carbonyl (C=O) groups excluding carboxylic acids is 2. The van der Waals surface area contributed by atoms with Crippen molar-refractivity contribution in [3.8, 4) is 0 Å². The lowest BCUT2D eigenvalue weighted by molar-refractivity contribution is -0.141. The van der Waals surface area contributed by atoms with Gasteiger partial charge in [0.2, 0.25) is 21.8 Å². The first kappa shape index (κ1) is 32.3. The van der Waals surface area contributed by atoms with Crippen LogP contribution in [0, 0.1) is 13.8 Å². The van der Waals surface area contributed by atoms with E-state index >= 15 is 0 Å². The number of hydrogen-bond acceptors (Lipinski definition) is 4. The predicted molar refractivity (Wildman–Crippen MR) is 169 cm³/mol. The van der Waals surface area contributed by atoms with Crippen molar-refractivity contribution in [2.45, 2.75) is 65.6 Å². The van der Waals surface area contributed by atoms with E-state index in [9.17, 15) is 18.0 Å². The van der Waals surface area contributed by atoms with Gasteiger partial charge in [-0.1, -0.05) is 64.5 Å². The molecule has 3 aromatic carbocycles. The third-order valence-corrected chi connectivity index (χ3v) is 8.56. The minimum Gasteiger partial charge on any atom is -0.352 e. The summed E-state index contributed by atoms with van der Waals surface area (Å²) in [5, 5.41) is 2.99. The molecule has 2 amide bonds. The van der Waals surface area contributed by atoms with Crippen LogP contribution < -0.4 is 9.62 Å². The molecule has 0 saturated carbocycles. The van der Waals surface area contributed by atoms with Gasteiger partial charge in [-0.05, 0) is 80.6 Å². The van der Waals surface area contributed by atoms with Gasteiger partial charge in [-0.15, -0.1) is 0 Å². The van der Waals surface area contributed by atoms with Crippen molar-refractivity contribution in [3.63, 3.8) is 0 Å². The number of halogens is 1. The van der Waals surface area contributed by atoms with Crippen LogP contribution in [0.25, 0.3) is 0 Å². The molecule has 7 nitrogen and oxygen atoms in total. The largest absolute Gasteiger partial charge is 0.352 e. The molecule has 9 heteroatoms. The number of hydrogen-bond donors (Lipinski definition) is 1. The first-order valence-electron chi connectivity index (χ1n) is 13.8. The monoisotopic (exact) mass is 641 g/mol. The molecule has 220 valence electrons. The Morgan fingerprint density at radius 3 is 2.20 bits per heavy atom. The third kappa shape index (κ3) is 9.71. The molecule has 0 aliphatic carbocycles. The molecule has 0 aromatic heterocycles. The van der Waals surface area contributed by atoms with Gasteiger partial charge in [0, 0.05) is 36.4 Å². The smallest absolute Gasteiger partial charge is 0.243 e. The van der Waals surface area contributed by atoms with Crippen LogP contribution in [-0.2, 0) is 32.6 Å². The van der Waals surface area contributed by atoms with Gasteiger partial charge in [0.25, 0.3) is 0 Å². The van der Waals surface area contributed by atoms with Crippen molar-refractivity contribution >= 4 is 43.5 Å². The highest BCUT2D eigenvalue weighted by molar-refractivity contribution is 9.10. The summed E-state index contributed by atoms with van der Waals surface area (Å²) in [6.07, 6.45) is 1.93. The lowest BCUT2D eigenvalue weighted by Crippen LogP contribution is -2.51. The Bertz CT molecular complexity index is 1440. The molecule has 41 heavy (non-hydrogen) atoms.